The van der Waals surface area contributed by atoms with Crippen LogP contribution in [0.2, 0.25) is 0 Å². The minimum atomic E-state index is -3.85. The van der Waals surface area contributed by atoms with E-state index >= 15 is 0 Å². The first kappa shape index (κ1) is 21.2. The van der Waals surface area contributed by atoms with E-state index < -0.39 is 33.1 Å². The molecule has 1 aliphatic rings. The number of hydrogen-bond donors (Lipinski definition) is 1. The second-order valence-corrected chi connectivity index (χ2v) is 8.52. The van der Waals surface area contributed by atoms with Gasteiger partial charge in [0.25, 0.3) is 5.91 Å². The van der Waals surface area contributed by atoms with E-state index in [1.165, 1.54) is 22.5 Å². The van der Waals surface area contributed by atoms with Crippen LogP contribution in [-0.2, 0) is 10.0 Å². The lowest BCUT2D eigenvalue weighted by Crippen LogP contribution is -2.35. The van der Waals surface area contributed by atoms with Gasteiger partial charge in [0.2, 0.25) is 10.0 Å². The van der Waals surface area contributed by atoms with Gasteiger partial charge in [-0.15, -0.1) is 0 Å². The van der Waals surface area contributed by atoms with Gasteiger partial charge in [-0.1, -0.05) is 12.5 Å². The van der Waals surface area contributed by atoms with E-state index in [0.29, 0.717) is 13.1 Å². The quantitative estimate of drug-likeness (QED) is 0.766. The average Bonchev–Trinajstić information content (AvgIpc) is 2.70. The Morgan fingerprint density at radius 1 is 1.10 bits per heavy atom. The molecule has 0 atom stereocenters. The number of ether oxygens (including phenoxy) is 1. The van der Waals surface area contributed by atoms with Crippen LogP contribution in [0.3, 0.4) is 0 Å². The van der Waals surface area contributed by atoms with Gasteiger partial charge < -0.3 is 10.1 Å². The second kappa shape index (κ2) is 8.87. The van der Waals surface area contributed by atoms with Gasteiger partial charge >= 0.3 is 0 Å². The number of sulfonamides is 1. The van der Waals surface area contributed by atoms with Gasteiger partial charge in [-0.3, -0.25) is 4.79 Å². The summed E-state index contributed by atoms with van der Waals surface area (Å²) in [6.45, 7) is 2.80. The lowest BCUT2D eigenvalue weighted by Gasteiger charge is -2.27. The first-order valence-electron chi connectivity index (χ1n) is 9.37. The molecule has 9 heteroatoms. The normalized spacial score (nSPS) is 15.1. The molecule has 2 aromatic rings. The van der Waals surface area contributed by atoms with Crippen molar-refractivity contribution < 1.29 is 26.7 Å². The zero-order valence-electron chi connectivity index (χ0n) is 16.0. The molecule has 0 aliphatic carbocycles. The Morgan fingerprint density at radius 3 is 2.38 bits per heavy atom. The summed E-state index contributed by atoms with van der Waals surface area (Å²) in [6.07, 6.45) is 2.51. The van der Waals surface area contributed by atoms with Crippen molar-refractivity contribution in [3.8, 4) is 5.75 Å². The Kier molecular flexibility index (Phi) is 6.49. The first-order chi connectivity index (χ1) is 13.8. The summed E-state index contributed by atoms with van der Waals surface area (Å²) in [7, 11) is -3.85. The van der Waals surface area contributed by atoms with Gasteiger partial charge in [-0.2, -0.15) is 4.31 Å². The third-order valence-electron chi connectivity index (χ3n) is 4.62. The van der Waals surface area contributed by atoms with E-state index in [9.17, 15) is 22.0 Å². The smallest absolute Gasteiger partial charge is 0.261 e. The zero-order valence-corrected chi connectivity index (χ0v) is 16.8. The van der Waals surface area contributed by atoms with Crippen molar-refractivity contribution in [3.05, 3.63) is 53.6 Å². The summed E-state index contributed by atoms with van der Waals surface area (Å²) in [6, 6.07) is 7.21. The number of rotatable bonds is 6. The molecule has 1 aliphatic heterocycles. The summed E-state index contributed by atoms with van der Waals surface area (Å²) >= 11 is 0. The predicted molar refractivity (Wildman–Crippen MR) is 105 cm³/mol. The molecule has 0 bridgehead atoms. The molecule has 0 radical (unpaired) electrons. The van der Waals surface area contributed by atoms with Gasteiger partial charge in [0.15, 0.2) is 0 Å². The second-order valence-electron chi connectivity index (χ2n) is 6.61. The van der Waals surface area contributed by atoms with E-state index in [1.54, 1.807) is 6.92 Å². The van der Waals surface area contributed by atoms with Crippen LogP contribution in [-0.4, -0.2) is 38.3 Å². The van der Waals surface area contributed by atoms with Crippen molar-refractivity contribution in [1.82, 2.24) is 4.31 Å². The molecule has 6 nitrogen and oxygen atoms in total. The highest BCUT2D eigenvalue weighted by molar-refractivity contribution is 7.89. The molecule has 29 heavy (non-hydrogen) atoms. The van der Waals surface area contributed by atoms with Crippen LogP contribution < -0.4 is 10.1 Å². The predicted octanol–water partition coefficient (Wildman–Crippen LogP) is 3.79. The fraction of sp³-hybridized carbons (Fsp3) is 0.350. The molecule has 0 saturated carbocycles. The summed E-state index contributed by atoms with van der Waals surface area (Å²) in [5.74, 6) is -2.86. The third-order valence-corrected chi connectivity index (χ3v) is 6.54. The van der Waals surface area contributed by atoms with Crippen molar-refractivity contribution in [3.63, 3.8) is 0 Å². The van der Waals surface area contributed by atoms with Crippen LogP contribution in [0.4, 0.5) is 14.5 Å². The van der Waals surface area contributed by atoms with Crippen LogP contribution in [0.15, 0.2) is 41.3 Å². The Labute approximate surface area is 168 Å². The topological polar surface area (TPSA) is 75.7 Å². The highest BCUT2D eigenvalue weighted by Crippen LogP contribution is 2.31. The molecule has 0 spiro atoms. The van der Waals surface area contributed by atoms with Crippen molar-refractivity contribution >= 4 is 21.6 Å². The number of nitrogens with one attached hydrogen (secondary N) is 1. The largest absolute Gasteiger partial charge is 0.492 e. The number of benzene rings is 2. The van der Waals surface area contributed by atoms with Crippen LogP contribution in [0.5, 0.6) is 5.75 Å². The van der Waals surface area contributed by atoms with Crippen molar-refractivity contribution in [2.45, 2.75) is 31.1 Å². The highest BCUT2D eigenvalue weighted by Gasteiger charge is 2.29. The number of carbonyl (C=O) groups excluding carboxylic acids is 1. The van der Waals surface area contributed by atoms with E-state index in [2.05, 4.69) is 5.32 Å². The van der Waals surface area contributed by atoms with Crippen LogP contribution in [0, 0.1) is 11.6 Å². The molecular weight excluding hydrogens is 402 g/mol. The van der Waals surface area contributed by atoms with Crippen LogP contribution in [0.1, 0.15) is 36.5 Å². The maximum atomic E-state index is 13.9. The number of hydrogen-bond acceptors (Lipinski definition) is 4. The van der Waals surface area contributed by atoms with Crippen LogP contribution >= 0.6 is 0 Å². The number of anilines is 1. The Hall–Kier alpha value is -2.52. The Bertz CT molecular complexity index is 985. The molecular formula is C20H22F2N2O4S. The van der Waals surface area contributed by atoms with Crippen LogP contribution in [0.25, 0.3) is 0 Å². The number of nitrogens with zero attached hydrogens (tertiary/aromatic N) is 1. The molecule has 0 unspecified atom stereocenters. The molecule has 3 rings (SSSR count). The van der Waals surface area contributed by atoms with Crippen molar-refractivity contribution in [2.75, 3.05) is 25.0 Å². The Balaban J connectivity index is 1.95. The molecule has 1 N–H and O–H groups in total. The molecule has 156 valence electrons. The fourth-order valence-electron chi connectivity index (χ4n) is 3.21. The number of piperidine rings is 1. The maximum absolute atomic E-state index is 13.9. The zero-order chi connectivity index (χ0) is 21.0. The SMILES string of the molecule is CCOc1ccc(NC(=O)c2c(F)cccc2F)cc1S(=O)(=O)N1CCCCC1. The monoisotopic (exact) mass is 424 g/mol. The lowest BCUT2D eigenvalue weighted by molar-refractivity contribution is 0.101. The molecule has 1 saturated heterocycles. The molecule has 2 aromatic carbocycles. The average molecular weight is 424 g/mol. The van der Waals surface area contributed by atoms with Crippen molar-refractivity contribution in [2.24, 2.45) is 0 Å². The maximum Gasteiger partial charge on any atom is 0.261 e. The fourth-order valence-corrected chi connectivity index (χ4v) is 4.89. The third kappa shape index (κ3) is 4.56. The van der Waals surface area contributed by atoms with E-state index in [-0.39, 0.29) is 22.9 Å². The van der Waals surface area contributed by atoms with E-state index in [0.717, 1.165) is 37.5 Å². The summed E-state index contributed by atoms with van der Waals surface area (Å²) in [4.78, 5) is 12.3. The molecule has 1 fully saturated rings. The highest BCUT2D eigenvalue weighted by atomic mass is 32.2. The summed E-state index contributed by atoms with van der Waals surface area (Å²) in [5.41, 5.74) is -0.640. The van der Waals surface area contributed by atoms with Gasteiger partial charge in [0.1, 0.15) is 27.8 Å². The van der Waals surface area contributed by atoms with E-state index in [4.69, 9.17) is 4.74 Å². The molecule has 1 amide bonds. The Morgan fingerprint density at radius 2 is 1.76 bits per heavy atom. The summed E-state index contributed by atoms with van der Waals surface area (Å²) in [5, 5.41) is 2.37. The molecule has 0 aromatic heterocycles. The van der Waals surface area contributed by atoms with E-state index in [1.807, 2.05) is 0 Å². The number of amides is 1. The van der Waals surface area contributed by atoms with Gasteiger partial charge in [0, 0.05) is 18.8 Å². The number of carbonyl (C=O) groups is 1. The number of halogens is 2. The first-order valence-corrected chi connectivity index (χ1v) is 10.8. The van der Waals surface area contributed by atoms with Crippen molar-refractivity contribution in [1.29, 1.82) is 0 Å². The summed E-state index contributed by atoms with van der Waals surface area (Å²) < 4.78 is 60.8. The van der Waals surface area contributed by atoms with Gasteiger partial charge in [0.05, 0.1) is 6.61 Å². The van der Waals surface area contributed by atoms with Gasteiger partial charge in [-0.05, 0) is 50.1 Å². The standard InChI is InChI=1S/C20H22F2N2O4S/c1-2-28-17-10-9-14(23-20(25)19-15(21)7-6-8-16(19)22)13-18(17)29(26,27)24-11-4-3-5-12-24/h6-10,13H,2-5,11-12H2,1H3,(H,23,25). The minimum absolute atomic E-state index is 0.0898. The molecule has 1 heterocycles. The minimum Gasteiger partial charge on any atom is -0.492 e. The lowest BCUT2D eigenvalue weighted by atomic mass is 10.1. The van der Waals surface area contributed by atoms with Gasteiger partial charge in [-0.25, -0.2) is 17.2 Å².